The molecule has 1 saturated heterocycles. The first kappa shape index (κ1) is 12.5. The highest BCUT2D eigenvalue weighted by molar-refractivity contribution is 9.10. The lowest BCUT2D eigenvalue weighted by atomic mass is 10.1. The van der Waals surface area contributed by atoms with Crippen LogP contribution in [0.25, 0.3) is 0 Å². The van der Waals surface area contributed by atoms with Gasteiger partial charge in [0.25, 0.3) is 0 Å². The Morgan fingerprint density at radius 2 is 2.35 bits per heavy atom. The molecule has 2 rings (SSSR count). The zero-order chi connectivity index (χ0) is 12.4. The van der Waals surface area contributed by atoms with Gasteiger partial charge >= 0.3 is 0 Å². The van der Waals surface area contributed by atoms with Crippen molar-refractivity contribution in [2.24, 2.45) is 5.92 Å². The second-order valence-corrected chi connectivity index (χ2v) is 5.40. The molecule has 2 heterocycles. The largest absolute Gasteiger partial charge is 0.309 e. The Kier molecular flexibility index (Phi) is 3.79. The van der Waals surface area contributed by atoms with Crippen molar-refractivity contribution in [2.45, 2.75) is 26.3 Å². The third kappa shape index (κ3) is 3.04. The van der Waals surface area contributed by atoms with Crippen molar-refractivity contribution in [3.8, 4) is 0 Å². The summed E-state index contributed by atoms with van der Waals surface area (Å²) in [7, 11) is 0. The minimum Gasteiger partial charge on any atom is -0.309 e. The summed E-state index contributed by atoms with van der Waals surface area (Å²) in [5, 5.41) is 6.08. The smallest absolute Gasteiger partial charge is 0.242 e. The highest BCUT2D eigenvalue weighted by Crippen LogP contribution is 2.18. The van der Waals surface area contributed by atoms with Gasteiger partial charge in [-0.15, -0.1) is 0 Å². The molecule has 0 bridgehead atoms. The molecule has 0 unspecified atom stereocenters. The van der Waals surface area contributed by atoms with E-state index in [0.717, 1.165) is 23.1 Å². The van der Waals surface area contributed by atoms with Gasteiger partial charge in [0.1, 0.15) is 10.4 Å². The minimum atomic E-state index is -0.0924. The van der Waals surface area contributed by atoms with Crippen LogP contribution in [0.2, 0.25) is 0 Å². The van der Waals surface area contributed by atoms with Crippen molar-refractivity contribution in [1.82, 2.24) is 10.3 Å². The summed E-state index contributed by atoms with van der Waals surface area (Å²) >= 11 is 3.30. The molecule has 1 amide bonds. The fourth-order valence-electron chi connectivity index (χ4n) is 1.95. The van der Waals surface area contributed by atoms with E-state index < -0.39 is 0 Å². The molecule has 0 aromatic carbocycles. The van der Waals surface area contributed by atoms with Gasteiger partial charge in [0.05, 0.1) is 6.04 Å². The van der Waals surface area contributed by atoms with Crippen LogP contribution in [0.3, 0.4) is 0 Å². The summed E-state index contributed by atoms with van der Waals surface area (Å²) < 4.78 is 0.728. The summed E-state index contributed by atoms with van der Waals surface area (Å²) in [4.78, 5) is 16.3. The number of nitrogens with one attached hydrogen (secondary N) is 2. The second-order valence-electron chi connectivity index (χ2n) is 4.59. The van der Waals surface area contributed by atoms with Crippen LogP contribution in [0.1, 0.15) is 18.9 Å². The van der Waals surface area contributed by atoms with E-state index in [-0.39, 0.29) is 11.9 Å². The predicted molar refractivity (Wildman–Crippen MR) is 70.9 cm³/mol. The first-order valence-electron chi connectivity index (χ1n) is 5.73. The first-order chi connectivity index (χ1) is 8.06. The summed E-state index contributed by atoms with van der Waals surface area (Å²) in [6.45, 7) is 4.98. The third-order valence-electron chi connectivity index (χ3n) is 2.97. The molecule has 1 aliphatic heterocycles. The fraction of sp³-hybridized carbons (Fsp3) is 0.500. The molecule has 2 atom stereocenters. The fourth-order valence-corrected chi connectivity index (χ4v) is 2.26. The number of pyridine rings is 1. The van der Waals surface area contributed by atoms with E-state index in [1.54, 1.807) is 0 Å². The lowest BCUT2D eigenvalue weighted by Crippen LogP contribution is -2.35. The number of hydrogen-bond donors (Lipinski definition) is 2. The Morgan fingerprint density at radius 3 is 3.00 bits per heavy atom. The Morgan fingerprint density at radius 1 is 1.59 bits per heavy atom. The number of anilines is 1. The van der Waals surface area contributed by atoms with E-state index in [1.807, 2.05) is 19.1 Å². The molecule has 17 heavy (non-hydrogen) atoms. The first-order valence-corrected chi connectivity index (χ1v) is 6.53. The monoisotopic (exact) mass is 297 g/mol. The molecule has 1 aromatic heterocycles. The van der Waals surface area contributed by atoms with Crippen LogP contribution in [0.15, 0.2) is 16.7 Å². The lowest BCUT2D eigenvalue weighted by Gasteiger charge is -2.12. The Labute approximate surface area is 109 Å². The molecule has 92 valence electrons. The van der Waals surface area contributed by atoms with Crippen molar-refractivity contribution < 1.29 is 4.79 Å². The number of nitrogens with zero attached hydrogens (tertiary/aromatic N) is 1. The van der Waals surface area contributed by atoms with Gasteiger partial charge in [0, 0.05) is 0 Å². The van der Waals surface area contributed by atoms with Gasteiger partial charge in [0.15, 0.2) is 0 Å². The minimum absolute atomic E-state index is 0.00282. The number of hydrogen-bond acceptors (Lipinski definition) is 3. The van der Waals surface area contributed by atoms with E-state index in [0.29, 0.717) is 11.7 Å². The van der Waals surface area contributed by atoms with E-state index in [1.165, 1.54) is 0 Å². The maximum Gasteiger partial charge on any atom is 0.242 e. The van der Waals surface area contributed by atoms with Gasteiger partial charge in [-0.3, -0.25) is 4.79 Å². The quantitative estimate of drug-likeness (QED) is 0.822. The molecule has 1 aliphatic rings. The molecule has 4 nitrogen and oxygen atoms in total. The second kappa shape index (κ2) is 5.14. The van der Waals surface area contributed by atoms with Crippen LogP contribution in [0, 0.1) is 12.8 Å². The number of carbonyl (C=O) groups excluding carboxylic acids is 1. The van der Waals surface area contributed by atoms with Crippen LogP contribution >= 0.6 is 15.9 Å². The maximum atomic E-state index is 12.0. The zero-order valence-electron chi connectivity index (χ0n) is 9.96. The van der Waals surface area contributed by atoms with E-state index in [2.05, 4.69) is 38.5 Å². The predicted octanol–water partition coefficient (Wildman–Crippen LogP) is 2.09. The molecule has 0 radical (unpaired) electrons. The highest BCUT2D eigenvalue weighted by Gasteiger charge is 2.27. The SMILES string of the molecule is Cc1ccc(Br)nc1NC(=O)[C@@H]1C[C@H](C)CN1. The van der Waals surface area contributed by atoms with Crippen LogP contribution in [-0.2, 0) is 4.79 Å². The van der Waals surface area contributed by atoms with Crippen LogP contribution in [0.4, 0.5) is 5.82 Å². The van der Waals surface area contributed by atoms with Gasteiger partial charge in [-0.05, 0) is 53.4 Å². The zero-order valence-corrected chi connectivity index (χ0v) is 11.5. The normalized spacial score (nSPS) is 23.7. The Balaban J connectivity index is 2.05. The van der Waals surface area contributed by atoms with Crippen molar-refractivity contribution in [3.05, 3.63) is 22.3 Å². The van der Waals surface area contributed by atoms with Gasteiger partial charge < -0.3 is 10.6 Å². The van der Waals surface area contributed by atoms with Crippen LogP contribution < -0.4 is 10.6 Å². The van der Waals surface area contributed by atoms with Crippen molar-refractivity contribution in [1.29, 1.82) is 0 Å². The average Bonchev–Trinajstić information content (AvgIpc) is 2.70. The van der Waals surface area contributed by atoms with Crippen LogP contribution in [0.5, 0.6) is 0 Å². The number of amides is 1. The molecule has 2 N–H and O–H groups in total. The molecule has 0 saturated carbocycles. The maximum absolute atomic E-state index is 12.0. The highest BCUT2D eigenvalue weighted by atomic mass is 79.9. The molecular formula is C12H16BrN3O. The summed E-state index contributed by atoms with van der Waals surface area (Å²) in [5.41, 5.74) is 0.965. The molecule has 0 spiro atoms. The van der Waals surface area contributed by atoms with E-state index in [4.69, 9.17) is 0 Å². The third-order valence-corrected chi connectivity index (χ3v) is 3.41. The Hall–Kier alpha value is -0.940. The number of carbonyl (C=O) groups is 1. The van der Waals surface area contributed by atoms with Crippen LogP contribution in [-0.4, -0.2) is 23.5 Å². The number of rotatable bonds is 2. The molecule has 5 heteroatoms. The van der Waals surface area contributed by atoms with Gasteiger partial charge in [-0.1, -0.05) is 13.0 Å². The van der Waals surface area contributed by atoms with Gasteiger partial charge in [-0.2, -0.15) is 0 Å². The summed E-state index contributed by atoms with van der Waals surface area (Å²) in [6, 6.07) is 3.70. The molecular weight excluding hydrogens is 282 g/mol. The number of aryl methyl sites for hydroxylation is 1. The van der Waals surface area contributed by atoms with Gasteiger partial charge in [-0.25, -0.2) is 4.98 Å². The topological polar surface area (TPSA) is 54.0 Å². The molecule has 0 aliphatic carbocycles. The Bertz CT molecular complexity index is 436. The molecule has 1 aromatic rings. The van der Waals surface area contributed by atoms with Crippen molar-refractivity contribution in [2.75, 3.05) is 11.9 Å². The molecule has 1 fully saturated rings. The average molecular weight is 298 g/mol. The van der Waals surface area contributed by atoms with Crippen molar-refractivity contribution in [3.63, 3.8) is 0 Å². The lowest BCUT2D eigenvalue weighted by molar-refractivity contribution is -0.117. The summed E-state index contributed by atoms with van der Waals surface area (Å²) in [5.74, 6) is 1.19. The van der Waals surface area contributed by atoms with E-state index in [9.17, 15) is 4.79 Å². The van der Waals surface area contributed by atoms with Crippen molar-refractivity contribution >= 4 is 27.7 Å². The standard InChI is InChI=1S/C12H16BrN3O/c1-7-5-9(14-6-7)12(17)16-11-8(2)3-4-10(13)15-11/h3-4,7,9,14H,5-6H2,1-2H3,(H,15,16,17)/t7-,9-/m0/s1. The van der Waals surface area contributed by atoms with E-state index >= 15 is 0 Å². The number of halogens is 1. The summed E-state index contributed by atoms with van der Waals surface area (Å²) in [6.07, 6.45) is 0.888. The number of aromatic nitrogens is 1. The van der Waals surface area contributed by atoms with Gasteiger partial charge in [0.2, 0.25) is 5.91 Å².